The Kier molecular flexibility index (Phi) is 6.82. The Labute approximate surface area is 126 Å². The number of benzene rings is 1. The summed E-state index contributed by atoms with van der Waals surface area (Å²) >= 11 is 0. The Morgan fingerprint density at radius 2 is 2.25 bits per heavy atom. The van der Waals surface area contributed by atoms with Gasteiger partial charge >= 0.3 is 0 Å². The first kappa shape index (κ1) is 16.8. The summed E-state index contributed by atoms with van der Waals surface area (Å²) < 4.78 is 5.65. The summed E-state index contributed by atoms with van der Waals surface area (Å²) in [6, 6.07) is 6.35. The van der Waals surface area contributed by atoms with Crippen molar-refractivity contribution in [1.29, 1.82) is 0 Å². The van der Waals surface area contributed by atoms with E-state index < -0.39 is 0 Å². The number of halogens is 1. The lowest BCUT2D eigenvalue weighted by Crippen LogP contribution is -2.36. The van der Waals surface area contributed by atoms with E-state index in [0.717, 1.165) is 30.8 Å². The summed E-state index contributed by atoms with van der Waals surface area (Å²) in [5, 5.41) is 6.23. The van der Waals surface area contributed by atoms with Crippen LogP contribution in [-0.2, 0) is 4.79 Å². The van der Waals surface area contributed by atoms with Crippen LogP contribution < -0.4 is 15.4 Å². The normalized spacial score (nSPS) is 17.4. The molecule has 1 heterocycles. The van der Waals surface area contributed by atoms with E-state index in [9.17, 15) is 4.79 Å². The van der Waals surface area contributed by atoms with Crippen molar-refractivity contribution in [3.05, 3.63) is 29.3 Å². The van der Waals surface area contributed by atoms with E-state index in [-0.39, 0.29) is 24.4 Å². The quantitative estimate of drug-likeness (QED) is 0.874. The topological polar surface area (TPSA) is 50.4 Å². The van der Waals surface area contributed by atoms with Gasteiger partial charge in [0.15, 0.2) is 0 Å². The fraction of sp³-hybridized carbons (Fsp3) is 0.533. The second-order valence-corrected chi connectivity index (χ2v) is 5.12. The highest BCUT2D eigenvalue weighted by Crippen LogP contribution is 2.18. The molecule has 4 nitrogen and oxygen atoms in total. The lowest BCUT2D eigenvalue weighted by atomic mass is 10.1. The molecule has 1 aliphatic rings. The zero-order valence-electron chi connectivity index (χ0n) is 12.1. The molecule has 1 unspecified atom stereocenters. The van der Waals surface area contributed by atoms with Crippen molar-refractivity contribution in [2.45, 2.75) is 32.7 Å². The third-order valence-electron chi connectivity index (χ3n) is 3.34. The lowest BCUT2D eigenvalue weighted by Gasteiger charge is -2.12. The van der Waals surface area contributed by atoms with Crippen LogP contribution in [0.5, 0.6) is 5.75 Å². The smallest absolute Gasteiger partial charge is 0.223 e. The second-order valence-electron chi connectivity index (χ2n) is 5.12. The molecule has 1 amide bonds. The molecule has 1 aromatic carbocycles. The van der Waals surface area contributed by atoms with Gasteiger partial charge in [0.25, 0.3) is 0 Å². The third-order valence-corrected chi connectivity index (χ3v) is 3.34. The molecular weight excluding hydrogens is 276 g/mol. The summed E-state index contributed by atoms with van der Waals surface area (Å²) in [7, 11) is 0. The van der Waals surface area contributed by atoms with E-state index >= 15 is 0 Å². The first-order valence-electron chi connectivity index (χ1n) is 6.85. The minimum absolute atomic E-state index is 0. The Morgan fingerprint density at radius 3 is 2.90 bits per heavy atom. The van der Waals surface area contributed by atoms with Crippen LogP contribution in [0.1, 0.15) is 24.0 Å². The van der Waals surface area contributed by atoms with E-state index in [1.54, 1.807) is 0 Å². The van der Waals surface area contributed by atoms with Crippen molar-refractivity contribution in [3.8, 4) is 5.75 Å². The molecule has 1 aromatic rings. The largest absolute Gasteiger partial charge is 0.493 e. The van der Waals surface area contributed by atoms with Crippen LogP contribution in [0.2, 0.25) is 0 Å². The van der Waals surface area contributed by atoms with Gasteiger partial charge in [-0.2, -0.15) is 0 Å². The van der Waals surface area contributed by atoms with Crippen molar-refractivity contribution in [2.75, 3.05) is 19.7 Å². The number of rotatable bonds is 5. The third kappa shape index (κ3) is 5.02. The number of ether oxygens (including phenoxy) is 1. The minimum Gasteiger partial charge on any atom is -0.493 e. The van der Waals surface area contributed by atoms with Crippen molar-refractivity contribution in [1.82, 2.24) is 10.6 Å². The van der Waals surface area contributed by atoms with Crippen LogP contribution in [-0.4, -0.2) is 31.6 Å². The van der Waals surface area contributed by atoms with Gasteiger partial charge in [-0.05, 0) is 38.4 Å². The fourth-order valence-electron chi connectivity index (χ4n) is 2.29. The van der Waals surface area contributed by atoms with Crippen LogP contribution in [0.3, 0.4) is 0 Å². The zero-order valence-corrected chi connectivity index (χ0v) is 12.9. The van der Waals surface area contributed by atoms with Gasteiger partial charge in [0.1, 0.15) is 5.75 Å². The second kappa shape index (κ2) is 8.12. The SMILES string of the molecule is Cc1ccc(OCCC(=O)NC2CCNC2)c(C)c1.Cl. The van der Waals surface area contributed by atoms with Crippen LogP contribution in [0.25, 0.3) is 0 Å². The van der Waals surface area contributed by atoms with Gasteiger partial charge in [-0.3, -0.25) is 4.79 Å². The van der Waals surface area contributed by atoms with E-state index in [2.05, 4.69) is 23.6 Å². The van der Waals surface area contributed by atoms with Gasteiger partial charge in [0.2, 0.25) is 5.91 Å². The average molecular weight is 299 g/mol. The molecule has 1 fully saturated rings. The monoisotopic (exact) mass is 298 g/mol. The number of hydrogen-bond donors (Lipinski definition) is 2. The maximum Gasteiger partial charge on any atom is 0.223 e. The van der Waals surface area contributed by atoms with Gasteiger partial charge in [0, 0.05) is 12.6 Å². The summed E-state index contributed by atoms with van der Waals surface area (Å²) in [6.07, 6.45) is 1.42. The maximum absolute atomic E-state index is 11.7. The van der Waals surface area contributed by atoms with Crippen molar-refractivity contribution in [3.63, 3.8) is 0 Å². The molecule has 0 spiro atoms. The van der Waals surface area contributed by atoms with Gasteiger partial charge in [-0.1, -0.05) is 17.7 Å². The van der Waals surface area contributed by atoms with Gasteiger partial charge in [-0.15, -0.1) is 12.4 Å². The molecule has 1 aliphatic heterocycles. The van der Waals surface area contributed by atoms with Crippen LogP contribution in [0, 0.1) is 13.8 Å². The van der Waals surface area contributed by atoms with Crippen LogP contribution in [0.15, 0.2) is 18.2 Å². The summed E-state index contributed by atoms with van der Waals surface area (Å²) in [4.78, 5) is 11.7. The number of aryl methyl sites for hydroxylation is 2. The summed E-state index contributed by atoms with van der Waals surface area (Å²) in [6.45, 7) is 6.37. The lowest BCUT2D eigenvalue weighted by molar-refractivity contribution is -0.122. The van der Waals surface area contributed by atoms with Crippen LogP contribution >= 0.6 is 12.4 Å². The number of hydrogen-bond acceptors (Lipinski definition) is 3. The minimum atomic E-state index is 0. The summed E-state index contributed by atoms with van der Waals surface area (Å²) in [5.41, 5.74) is 2.33. The molecule has 112 valence electrons. The Hall–Kier alpha value is -1.26. The molecule has 2 rings (SSSR count). The Balaban J connectivity index is 0.00000200. The molecule has 0 saturated carbocycles. The first-order chi connectivity index (χ1) is 9.15. The number of carbonyl (C=O) groups is 1. The molecule has 2 N–H and O–H groups in total. The molecule has 1 atom stereocenters. The van der Waals surface area contributed by atoms with Crippen LogP contribution in [0.4, 0.5) is 0 Å². The highest BCUT2D eigenvalue weighted by atomic mass is 35.5. The Morgan fingerprint density at radius 1 is 1.45 bits per heavy atom. The number of amides is 1. The molecule has 0 bridgehead atoms. The number of nitrogens with one attached hydrogen (secondary N) is 2. The molecule has 0 aliphatic carbocycles. The highest BCUT2D eigenvalue weighted by Gasteiger charge is 2.16. The van der Waals surface area contributed by atoms with E-state index in [0.29, 0.717) is 13.0 Å². The zero-order chi connectivity index (χ0) is 13.7. The Bertz CT molecular complexity index is 445. The summed E-state index contributed by atoms with van der Waals surface area (Å²) in [5.74, 6) is 0.930. The molecule has 0 radical (unpaired) electrons. The fourth-order valence-corrected chi connectivity index (χ4v) is 2.29. The maximum atomic E-state index is 11.7. The predicted octanol–water partition coefficient (Wildman–Crippen LogP) is 1.97. The molecular formula is C15H23ClN2O2. The number of carbonyl (C=O) groups excluding carboxylic acids is 1. The van der Waals surface area contributed by atoms with E-state index in [1.165, 1.54) is 5.56 Å². The van der Waals surface area contributed by atoms with Gasteiger partial charge in [0.05, 0.1) is 13.0 Å². The highest BCUT2D eigenvalue weighted by molar-refractivity contribution is 5.85. The van der Waals surface area contributed by atoms with Crippen molar-refractivity contribution < 1.29 is 9.53 Å². The van der Waals surface area contributed by atoms with Crippen molar-refractivity contribution in [2.24, 2.45) is 0 Å². The van der Waals surface area contributed by atoms with Gasteiger partial charge < -0.3 is 15.4 Å². The van der Waals surface area contributed by atoms with Gasteiger partial charge in [-0.25, -0.2) is 0 Å². The first-order valence-corrected chi connectivity index (χ1v) is 6.85. The standard InChI is InChI=1S/C15H22N2O2.ClH/c1-11-3-4-14(12(2)9-11)19-8-6-15(18)17-13-5-7-16-10-13;/h3-4,9,13,16H,5-8,10H2,1-2H3,(H,17,18);1H. The van der Waals surface area contributed by atoms with Crippen molar-refractivity contribution >= 4 is 18.3 Å². The van der Waals surface area contributed by atoms with E-state index in [4.69, 9.17) is 4.74 Å². The average Bonchev–Trinajstić information content (AvgIpc) is 2.84. The van der Waals surface area contributed by atoms with E-state index in [1.807, 2.05) is 19.1 Å². The molecule has 1 saturated heterocycles. The molecule has 5 heteroatoms. The molecule has 20 heavy (non-hydrogen) atoms. The molecule has 0 aromatic heterocycles. The predicted molar refractivity (Wildman–Crippen MR) is 82.7 cm³/mol.